The molecule has 0 unspecified atom stereocenters. The molecular weight excluding hydrogens is 234 g/mol. The van der Waals surface area contributed by atoms with Crippen molar-refractivity contribution in [2.75, 3.05) is 5.73 Å². The summed E-state index contributed by atoms with van der Waals surface area (Å²) in [4.78, 5) is 0. The van der Waals surface area contributed by atoms with Gasteiger partial charge in [0.15, 0.2) is 0 Å². The van der Waals surface area contributed by atoms with Crippen molar-refractivity contribution in [2.45, 2.75) is 19.8 Å². The lowest BCUT2D eigenvalue weighted by Gasteiger charge is -2.01. The third-order valence-corrected chi connectivity index (χ3v) is 3.36. The van der Waals surface area contributed by atoms with Crippen LogP contribution in [0.1, 0.15) is 25.3 Å². The van der Waals surface area contributed by atoms with Crippen LogP contribution in [0.2, 0.25) is 0 Å². The zero-order chi connectivity index (χ0) is 13.2. The minimum Gasteiger partial charge on any atom is -0.455 e. The highest BCUT2D eigenvalue weighted by molar-refractivity contribution is 6.08. The van der Waals surface area contributed by atoms with Crippen LogP contribution in [0.5, 0.6) is 0 Å². The molecule has 0 aliphatic rings. The quantitative estimate of drug-likeness (QED) is 0.667. The Kier molecular flexibility index (Phi) is 3.00. The Hall–Kier alpha value is -2.22. The largest absolute Gasteiger partial charge is 0.455 e. The summed E-state index contributed by atoms with van der Waals surface area (Å²) in [7, 11) is 0. The standard InChI is InChI=1S/C17H17NO/c1-2-3-4-8-14-15(18)11-10-13-12-7-5-6-9-16(12)19-17(13)14/h4-11H,2-3,18H2,1H3/b8-4-. The van der Waals surface area contributed by atoms with E-state index < -0.39 is 0 Å². The number of hydrogen-bond acceptors (Lipinski definition) is 2. The maximum absolute atomic E-state index is 6.08. The molecule has 0 fully saturated rings. The van der Waals surface area contributed by atoms with Crippen LogP contribution in [-0.4, -0.2) is 0 Å². The van der Waals surface area contributed by atoms with Crippen LogP contribution >= 0.6 is 0 Å². The van der Waals surface area contributed by atoms with Gasteiger partial charge in [-0.05, 0) is 24.6 Å². The number of allylic oxidation sites excluding steroid dienone is 1. The van der Waals surface area contributed by atoms with E-state index in [2.05, 4.69) is 25.1 Å². The van der Waals surface area contributed by atoms with E-state index in [-0.39, 0.29) is 0 Å². The lowest BCUT2D eigenvalue weighted by molar-refractivity contribution is 0.668. The average Bonchev–Trinajstić information content (AvgIpc) is 2.80. The van der Waals surface area contributed by atoms with Gasteiger partial charge in [-0.1, -0.05) is 43.7 Å². The maximum Gasteiger partial charge on any atom is 0.144 e. The van der Waals surface area contributed by atoms with Crippen LogP contribution < -0.4 is 5.73 Å². The molecule has 2 nitrogen and oxygen atoms in total. The predicted molar refractivity (Wildman–Crippen MR) is 82.1 cm³/mol. The van der Waals surface area contributed by atoms with Crippen molar-refractivity contribution in [2.24, 2.45) is 0 Å². The van der Waals surface area contributed by atoms with Crippen LogP contribution in [0.3, 0.4) is 0 Å². The van der Waals surface area contributed by atoms with Crippen molar-refractivity contribution in [3.63, 3.8) is 0 Å². The molecule has 0 saturated carbocycles. The van der Waals surface area contributed by atoms with Gasteiger partial charge in [0.2, 0.25) is 0 Å². The molecule has 0 amide bonds. The van der Waals surface area contributed by atoms with Gasteiger partial charge < -0.3 is 10.2 Å². The molecular formula is C17H17NO. The van der Waals surface area contributed by atoms with Gasteiger partial charge in [-0.25, -0.2) is 0 Å². The molecule has 0 saturated heterocycles. The topological polar surface area (TPSA) is 39.2 Å². The number of fused-ring (bicyclic) bond motifs is 3. The van der Waals surface area contributed by atoms with Crippen molar-refractivity contribution in [1.29, 1.82) is 0 Å². The lowest BCUT2D eigenvalue weighted by Crippen LogP contribution is -1.89. The summed E-state index contributed by atoms with van der Waals surface area (Å²) in [6.07, 6.45) is 6.41. The van der Waals surface area contributed by atoms with Gasteiger partial charge in [-0.15, -0.1) is 0 Å². The second-order valence-corrected chi connectivity index (χ2v) is 4.73. The molecule has 19 heavy (non-hydrogen) atoms. The molecule has 1 aromatic heterocycles. The highest BCUT2D eigenvalue weighted by Crippen LogP contribution is 2.34. The van der Waals surface area contributed by atoms with Crippen LogP contribution in [0.4, 0.5) is 5.69 Å². The summed E-state index contributed by atoms with van der Waals surface area (Å²) in [6, 6.07) is 12.1. The molecule has 0 spiro atoms. The van der Waals surface area contributed by atoms with Crippen LogP contribution in [-0.2, 0) is 0 Å². The molecule has 0 aliphatic heterocycles. The van der Waals surface area contributed by atoms with E-state index >= 15 is 0 Å². The van der Waals surface area contributed by atoms with Crippen molar-refractivity contribution >= 4 is 33.7 Å². The lowest BCUT2D eigenvalue weighted by atomic mass is 10.1. The first-order valence-corrected chi connectivity index (χ1v) is 6.67. The smallest absolute Gasteiger partial charge is 0.144 e. The predicted octanol–water partition coefficient (Wildman–Crippen LogP) is 4.98. The molecule has 1 heterocycles. The molecule has 0 bridgehead atoms. The fourth-order valence-electron chi connectivity index (χ4n) is 2.36. The number of nitrogens with two attached hydrogens (primary N) is 1. The first kappa shape index (κ1) is 11.8. The Balaban J connectivity index is 2.27. The molecule has 3 rings (SSSR count). The molecule has 2 aromatic carbocycles. The Labute approximate surface area is 112 Å². The number of furan rings is 1. The summed E-state index contributed by atoms with van der Waals surface area (Å²) in [5.74, 6) is 0. The summed E-state index contributed by atoms with van der Waals surface area (Å²) >= 11 is 0. The van der Waals surface area contributed by atoms with Gasteiger partial charge in [0.25, 0.3) is 0 Å². The van der Waals surface area contributed by atoms with Crippen molar-refractivity contribution in [3.05, 3.63) is 48.0 Å². The van der Waals surface area contributed by atoms with Crippen molar-refractivity contribution in [1.82, 2.24) is 0 Å². The number of rotatable bonds is 3. The minimum absolute atomic E-state index is 0.763. The van der Waals surface area contributed by atoms with Gasteiger partial charge in [-0.3, -0.25) is 0 Å². The van der Waals surface area contributed by atoms with Gasteiger partial charge in [0.05, 0.1) is 0 Å². The SMILES string of the molecule is CCC/C=C\c1c(N)ccc2c1oc1ccccc12. The van der Waals surface area contributed by atoms with Gasteiger partial charge >= 0.3 is 0 Å². The Morgan fingerprint density at radius 3 is 2.79 bits per heavy atom. The first-order chi connectivity index (χ1) is 9.31. The highest BCUT2D eigenvalue weighted by atomic mass is 16.3. The second-order valence-electron chi connectivity index (χ2n) is 4.73. The van der Waals surface area contributed by atoms with Crippen molar-refractivity contribution in [3.8, 4) is 0 Å². The molecule has 2 heteroatoms. The first-order valence-electron chi connectivity index (χ1n) is 6.67. The highest BCUT2D eigenvalue weighted by Gasteiger charge is 2.10. The zero-order valence-electron chi connectivity index (χ0n) is 11.0. The van der Waals surface area contributed by atoms with Crippen molar-refractivity contribution < 1.29 is 4.42 Å². The number of anilines is 1. The maximum atomic E-state index is 6.08. The van der Waals surface area contributed by atoms with Gasteiger partial charge in [0.1, 0.15) is 11.2 Å². The van der Waals surface area contributed by atoms with E-state index in [1.165, 1.54) is 0 Å². The number of hydrogen-bond donors (Lipinski definition) is 1. The molecule has 0 atom stereocenters. The van der Waals surface area contributed by atoms with Crippen LogP contribution in [0.25, 0.3) is 28.0 Å². The summed E-state index contributed by atoms with van der Waals surface area (Å²) in [5, 5.41) is 2.27. The molecule has 0 radical (unpaired) electrons. The zero-order valence-corrected chi connectivity index (χ0v) is 11.0. The van der Waals surface area contributed by atoms with E-state index in [0.717, 1.165) is 46.0 Å². The Morgan fingerprint density at radius 2 is 1.95 bits per heavy atom. The van der Waals surface area contributed by atoms with Gasteiger partial charge in [0, 0.05) is 22.0 Å². The van der Waals surface area contributed by atoms with Crippen LogP contribution in [0, 0.1) is 0 Å². The fraction of sp³-hybridized carbons (Fsp3) is 0.176. The fourth-order valence-corrected chi connectivity index (χ4v) is 2.36. The third kappa shape index (κ3) is 1.99. The van der Waals surface area contributed by atoms with E-state index in [0.29, 0.717) is 0 Å². The summed E-state index contributed by atoms with van der Waals surface area (Å²) < 4.78 is 5.96. The Bertz CT molecular complexity index is 752. The number of unbranched alkanes of at least 4 members (excludes halogenated alkanes) is 1. The molecule has 96 valence electrons. The monoisotopic (exact) mass is 251 g/mol. The summed E-state index contributed by atoms with van der Waals surface area (Å²) in [6.45, 7) is 2.16. The van der Waals surface area contributed by atoms with Gasteiger partial charge in [-0.2, -0.15) is 0 Å². The second kappa shape index (κ2) is 4.81. The molecule has 0 aliphatic carbocycles. The third-order valence-electron chi connectivity index (χ3n) is 3.36. The summed E-state index contributed by atoms with van der Waals surface area (Å²) in [5.41, 5.74) is 9.62. The van der Waals surface area contributed by atoms with Crippen LogP contribution in [0.15, 0.2) is 46.9 Å². The Morgan fingerprint density at radius 1 is 1.11 bits per heavy atom. The van der Waals surface area contributed by atoms with E-state index in [4.69, 9.17) is 10.2 Å². The number of nitrogen functional groups attached to an aromatic ring is 1. The number of benzene rings is 2. The minimum atomic E-state index is 0.763. The molecule has 3 aromatic rings. The van der Waals surface area contributed by atoms with E-state index in [1.54, 1.807) is 0 Å². The van der Waals surface area contributed by atoms with E-state index in [9.17, 15) is 0 Å². The molecule has 2 N–H and O–H groups in total. The van der Waals surface area contributed by atoms with E-state index in [1.807, 2.05) is 30.3 Å². The average molecular weight is 251 g/mol. The normalized spacial score (nSPS) is 11.8. The number of para-hydroxylation sites is 1.